The quantitative estimate of drug-likeness (QED) is 0.214. The molecular formula is C18H20ClF3N3O4S+. The van der Waals surface area contributed by atoms with Crippen LogP contribution in [0.4, 0.5) is 13.2 Å². The molecule has 1 unspecified atom stereocenters. The molecule has 0 bridgehead atoms. The van der Waals surface area contributed by atoms with Gasteiger partial charge < -0.3 is 9.47 Å². The number of nitrogens with zero attached hydrogens (tertiary/aromatic N) is 3. The van der Waals surface area contributed by atoms with Crippen LogP contribution in [0.5, 0.6) is 5.88 Å². The number of aromatic nitrogens is 3. The van der Waals surface area contributed by atoms with Gasteiger partial charge in [-0.05, 0) is 24.8 Å². The number of hydrogen-bond donors (Lipinski definition) is 0. The molecular weight excluding hydrogens is 447 g/mol. The van der Waals surface area contributed by atoms with Crippen molar-refractivity contribution in [3.05, 3.63) is 34.7 Å². The Bertz CT molecular complexity index is 904. The first-order valence-corrected chi connectivity index (χ1v) is 10.1. The highest BCUT2D eigenvalue weighted by atomic mass is 35.5. The summed E-state index contributed by atoms with van der Waals surface area (Å²) >= 11 is 7.47. The van der Waals surface area contributed by atoms with Gasteiger partial charge in [-0.3, -0.25) is 9.59 Å². The molecule has 3 heterocycles. The maximum Gasteiger partial charge on any atom is 0.411 e. The first kappa shape index (κ1) is 24.2. The minimum absolute atomic E-state index is 0.0969. The predicted molar refractivity (Wildman–Crippen MR) is 103 cm³/mol. The molecule has 0 fully saturated rings. The van der Waals surface area contributed by atoms with Crippen LogP contribution in [0.3, 0.4) is 0 Å². The molecule has 3 rings (SSSR count). The van der Waals surface area contributed by atoms with E-state index in [-0.39, 0.29) is 11.7 Å². The van der Waals surface area contributed by atoms with Crippen LogP contribution in [0.1, 0.15) is 29.0 Å². The molecule has 30 heavy (non-hydrogen) atoms. The van der Waals surface area contributed by atoms with Gasteiger partial charge in [-0.2, -0.15) is 17.7 Å². The number of halogens is 4. The van der Waals surface area contributed by atoms with Crippen molar-refractivity contribution in [3.63, 3.8) is 0 Å². The molecule has 0 N–H and O–H groups in total. The number of carbonyl (C=O) groups excluding carboxylic acids is 2. The van der Waals surface area contributed by atoms with Gasteiger partial charge in [-0.15, -0.1) is 0 Å². The van der Waals surface area contributed by atoms with Crippen LogP contribution in [-0.2, 0) is 16.1 Å². The molecule has 0 aromatic carbocycles. The summed E-state index contributed by atoms with van der Waals surface area (Å²) in [6, 6.07) is 3.50. The normalized spacial score (nSPS) is 15.2. The van der Waals surface area contributed by atoms with Gasteiger partial charge in [0.2, 0.25) is 0 Å². The lowest BCUT2D eigenvalue weighted by atomic mass is 10.1. The number of alkyl halides is 3. The fourth-order valence-corrected chi connectivity index (χ4v) is 4.45. The topological polar surface area (TPSA) is 74.3 Å². The Balaban J connectivity index is 0.000000396. The van der Waals surface area contributed by atoms with E-state index in [9.17, 15) is 22.8 Å². The van der Waals surface area contributed by atoms with Crippen molar-refractivity contribution in [1.29, 1.82) is 0 Å². The average Bonchev–Trinajstić information content (AvgIpc) is 3.24. The third kappa shape index (κ3) is 5.32. The van der Waals surface area contributed by atoms with Crippen molar-refractivity contribution in [1.82, 2.24) is 9.55 Å². The second kappa shape index (κ2) is 10.3. The molecule has 164 valence electrons. The molecule has 0 spiro atoms. The SMILES string of the molecule is CC[n+]1c(OC)c(C(=O)C=O)n2c1SCC2c1ccc(Cl)nc1.COCC(F)(F)F. The molecule has 7 nitrogen and oxygen atoms in total. The summed E-state index contributed by atoms with van der Waals surface area (Å²) in [7, 11) is 2.51. The summed E-state index contributed by atoms with van der Waals surface area (Å²) in [5.74, 6) is 0.574. The number of rotatable bonds is 6. The number of Topliss-reactive ketones (excluding diaryl/α,β-unsaturated/α-hetero) is 1. The van der Waals surface area contributed by atoms with Crippen molar-refractivity contribution in [2.24, 2.45) is 0 Å². The van der Waals surface area contributed by atoms with E-state index in [4.69, 9.17) is 16.3 Å². The number of pyridine rings is 1. The number of fused-ring (bicyclic) bond motifs is 1. The number of imidazole rings is 1. The maximum absolute atomic E-state index is 12.2. The Hall–Kier alpha value is -2.11. The summed E-state index contributed by atoms with van der Waals surface area (Å²) in [5.41, 5.74) is 1.21. The number of carbonyl (C=O) groups is 2. The molecule has 0 aliphatic carbocycles. The summed E-state index contributed by atoms with van der Waals surface area (Å²) in [5, 5.41) is 1.31. The van der Waals surface area contributed by atoms with Crippen LogP contribution in [0.2, 0.25) is 5.15 Å². The summed E-state index contributed by atoms with van der Waals surface area (Å²) in [6.45, 7) is 1.45. The zero-order valence-corrected chi connectivity index (χ0v) is 18.0. The van der Waals surface area contributed by atoms with Gasteiger partial charge in [0.1, 0.15) is 17.8 Å². The fraction of sp³-hybridized carbons (Fsp3) is 0.444. The van der Waals surface area contributed by atoms with Gasteiger partial charge in [0.05, 0.1) is 19.4 Å². The highest BCUT2D eigenvalue weighted by molar-refractivity contribution is 7.99. The Morgan fingerprint density at radius 1 is 1.43 bits per heavy atom. The van der Waals surface area contributed by atoms with Crippen molar-refractivity contribution < 1.29 is 36.8 Å². The first-order valence-electron chi connectivity index (χ1n) is 8.69. The summed E-state index contributed by atoms with van der Waals surface area (Å²) in [4.78, 5) is 27.4. The van der Waals surface area contributed by atoms with Crippen molar-refractivity contribution >= 4 is 35.4 Å². The monoisotopic (exact) mass is 466 g/mol. The van der Waals surface area contributed by atoms with E-state index in [1.807, 2.05) is 22.1 Å². The molecule has 0 saturated heterocycles. The van der Waals surface area contributed by atoms with E-state index in [0.717, 1.165) is 23.6 Å². The number of aldehydes is 1. The Labute approximate surface area is 180 Å². The molecule has 2 aromatic rings. The van der Waals surface area contributed by atoms with Crippen LogP contribution in [0.25, 0.3) is 0 Å². The fourth-order valence-electron chi connectivity index (χ4n) is 2.97. The number of thioether (sulfide) groups is 1. The van der Waals surface area contributed by atoms with E-state index in [1.165, 1.54) is 7.11 Å². The van der Waals surface area contributed by atoms with Gasteiger partial charge in [0, 0.05) is 18.9 Å². The van der Waals surface area contributed by atoms with Crippen molar-refractivity contribution in [3.8, 4) is 5.88 Å². The zero-order chi connectivity index (χ0) is 22.5. The van der Waals surface area contributed by atoms with Crippen LogP contribution in [0.15, 0.2) is 23.5 Å². The van der Waals surface area contributed by atoms with E-state index >= 15 is 0 Å². The lowest BCUT2D eigenvalue weighted by molar-refractivity contribution is -0.733. The predicted octanol–water partition coefficient (Wildman–Crippen LogP) is 3.12. The van der Waals surface area contributed by atoms with E-state index < -0.39 is 18.6 Å². The van der Waals surface area contributed by atoms with E-state index in [0.29, 0.717) is 23.9 Å². The van der Waals surface area contributed by atoms with Gasteiger partial charge >= 0.3 is 17.2 Å². The number of methoxy groups -OCH3 is 2. The lowest BCUT2D eigenvalue weighted by Crippen LogP contribution is -2.34. The molecule has 1 atom stereocenters. The Morgan fingerprint density at radius 3 is 2.57 bits per heavy atom. The highest BCUT2D eigenvalue weighted by Crippen LogP contribution is 2.40. The largest absolute Gasteiger partial charge is 0.462 e. The third-order valence-electron chi connectivity index (χ3n) is 4.10. The van der Waals surface area contributed by atoms with Crippen LogP contribution < -0.4 is 9.30 Å². The molecule has 0 radical (unpaired) electrons. The standard InChI is InChI=1S/C15H15ClN3O3S.C3H5F3O/c1-3-18-14(22-2)13(11(21)7-20)19-10(8-23-15(18)19)9-4-5-12(16)17-6-9;1-7-2-3(4,5)6/h4-7,10H,3,8H2,1-2H3;2H2,1H3/q+1;. The van der Waals surface area contributed by atoms with Crippen LogP contribution in [0, 0.1) is 0 Å². The number of hydrogen-bond acceptors (Lipinski definition) is 6. The Morgan fingerprint density at radius 2 is 2.13 bits per heavy atom. The van der Waals surface area contributed by atoms with Crippen LogP contribution in [-0.4, -0.2) is 54.4 Å². The molecule has 12 heteroatoms. The second-order valence-corrected chi connectivity index (χ2v) is 7.40. The second-order valence-electron chi connectivity index (χ2n) is 6.03. The van der Waals surface area contributed by atoms with E-state index in [1.54, 1.807) is 24.0 Å². The lowest BCUT2D eigenvalue weighted by Gasteiger charge is -2.09. The highest BCUT2D eigenvalue weighted by Gasteiger charge is 2.44. The van der Waals surface area contributed by atoms with Crippen molar-refractivity contribution in [2.75, 3.05) is 26.6 Å². The van der Waals surface area contributed by atoms with Gasteiger partial charge in [-0.1, -0.05) is 17.7 Å². The Kier molecular flexibility index (Phi) is 8.27. The van der Waals surface area contributed by atoms with Gasteiger partial charge in [-0.25, -0.2) is 9.55 Å². The smallest absolute Gasteiger partial charge is 0.411 e. The minimum atomic E-state index is -4.17. The third-order valence-corrected chi connectivity index (χ3v) is 5.48. The molecule has 0 amide bonds. The number of ketones is 1. The van der Waals surface area contributed by atoms with Gasteiger partial charge in [0.25, 0.3) is 11.5 Å². The molecule has 1 aliphatic heterocycles. The van der Waals surface area contributed by atoms with E-state index in [2.05, 4.69) is 9.72 Å². The minimum Gasteiger partial charge on any atom is -0.462 e. The molecule has 1 aliphatic rings. The van der Waals surface area contributed by atoms with Gasteiger partial charge in [0.15, 0.2) is 6.29 Å². The average molecular weight is 467 g/mol. The zero-order valence-electron chi connectivity index (χ0n) is 16.4. The number of ether oxygens (including phenoxy) is 2. The first-order chi connectivity index (χ1) is 14.2. The molecule has 2 aromatic heterocycles. The molecule has 0 saturated carbocycles. The van der Waals surface area contributed by atoms with Crippen LogP contribution >= 0.6 is 23.4 Å². The summed E-state index contributed by atoms with van der Waals surface area (Å²) in [6.07, 6.45) is -2.15. The van der Waals surface area contributed by atoms with Crippen molar-refractivity contribution in [2.45, 2.75) is 30.8 Å². The summed E-state index contributed by atoms with van der Waals surface area (Å²) < 4.78 is 45.8. The maximum atomic E-state index is 12.2.